The van der Waals surface area contributed by atoms with E-state index in [9.17, 15) is 0 Å². The molecule has 0 aromatic heterocycles. The second-order valence-electron chi connectivity index (χ2n) is 0. The van der Waals surface area contributed by atoms with E-state index in [0.717, 1.165) is 0 Å². The van der Waals surface area contributed by atoms with Crippen LogP contribution in [0.3, 0.4) is 0 Å². The Labute approximate surface area is 118 Å². The Balaban J connectivity index is 0. The number of rotatable bonds is 0. The molecule has 0 atom stereocenters. The molecule has 6 heavy (non-hydrogen) atoms. The van der Waals surface area contributed by atoms with Gasteiger partial charge in [-0.3, -0.25) is 0 Å². The summed E-state index contributed by atoms with van der Waals surface area (Å²) in [6.07, 6.45) is 0. The SMILES string of the molecule is Cl.Cl.Cl.Cl.[BaH2].[Ti]. The molecule has 0 heterocycles. The normalized spacial score (nSPS) is 0. The van der Waals surface area contributed by atoms with Crippen LogP contribution in [0.15, 0.2) is 0 Å². The van der Waals surface area contributed by atoms with Gasteiger partial charge in [0.2, 0.25) is 0 Å². The van der Waals surface area contributed by atoms with Crippen molar-refractivity contribution in [3.63, 3.8) is 0 Å². The Morgan fingerprint density at radius 1 is 0.500 bits per heavy atom. The van der Waals surface area contributed by atoms with Crippen molar-refractivity contribution in [1.82, 2.24) is 0 Å². The average molecular weight is 333 g/mol. The molecule has 0 N–H and O–H groups in total. The molecule has 0 aromatic carbocycles. The van der Waals surface area contributed by atoms with Gasteiger partial charge < -0.3 is 0 Å². The fraction of sp³-hybridized carbons (Fsp3) is 0. The molecule has 0 spiro atoms. The van der Waals surface area contributed by atoms with Crippen molar-refractivity contribution in [2.45, 2.75) is 0 Å². The minimum Gasteiger partial charge on any atom is 0 e. The van der Waals surface area contributed by atoms with Crippen molar-refractivity contribution in [3.05, 3.63) is 0 Å². The van der Waals surface area contributed by atoms with Crippen molar-refractivity contribution >= 4 is 98.5 Å². The minimum absolute atomic E-state index is 0. The molecule has 0 nitrogen and oxygen atoms in total. The van der Waals surface area contributed by atoms with E-state index in [1.165, 1.54) is 0 Å². The third-order valence-corrected chi connectivity index (χ3v) is 0. The van der Waals surface area contributed by atoms with Gasteiger partial charge in [0.1, 0.15) is 0 Å². The summed E-state index contributed by atoms with van der Waals surface area (Å²) in [4.78, 5) is 0. The van der Waals surface area contributed by atoms with Gasteiger partial charge in [0.05, 0.1) is 0 Å². The molecule has 0 saturated carbocycles. The molecule has 0 aliphatic rings. The van der Waals surface area contributed by atoms with E-state index >= 15 is 0 Å². The fourth-order valence-electron chi connectivity index (χ4n) is 0. The van der Waals surface area contributed by atoms with Gasteiger partial charge in [-0.1, -0.05) is 0 Å². The van der Waals surface area contributed by atoms with E-state index in [4.69, 9.17) is 0 Å². The van der Waals surface area contributed by atoms with Crippen LogP contribution in [0.2, 0.25) is 0 Å². The second kappa shape index (κ2) is 39.4. The quantitative estimate of drug-likeness (QED) is 0.575. The van der Waals surface area contributed by atoms with E-state index in [0.29, 0.717) is 0 Å². The molecule has 0 rings (SSSR count). The largest absolute Gasteiger partial charge is 0 e. The number of hydrogen-bond acceptors (Lipinski definition) is 0. The third-order valence-electron chi connectivity index (χ3n) is 0. The van der Waals surface area contributed by atoms with Crippen molar-refractivity contribution in [3.8, 4) is 0 Å². The molecule has 6 heteroatoms. The van der Waals surface area contributed by atoms with Gasteiger partial charge in [0.15, 0.2) is 0 Å². The van der Waals surface area contributed by atoms with Crippen LogP contribution >= 0.6 is 49.6 Å². The zero-order valence-corrected chi connectivity index (χ0v) is 6.96. The van der Waals surface area contributed by atoms with Crippen molar-refractivity contribution in [2.75, 3.05) is 0 Å². The van der Waals surface area contributed by atoms with Crippen molar-refractivity contribution < 1.29 is 21.7 Å². The standard InChI is InChI=1S/Ba.4ClH.Ti.2H/h;4*1H;;;. The van der Waals surface area contributed by atoms with Crippen LogP contribution in [0, 0.1) is 0 Å². The molecule has 0 radical (unpaired) electrons. The maximum Gasteiger partial charge on any atom is 0 e. The van der Waals surface area contributed by atoms with Gasteiger partial charge in [-0.05, 0) is 0 Å². The smallest absolute Gasteiger partial charge is 0 e. The summed E-state index contributed by atoms with van der Waals surface area (Å²) < 4.78 is 0. The monoisotopic (exact) mass is 332 g/mol. The summed E-state index contributed by atoms with van der Waals surface area (Å²) >= 11 is 0. The summed E-state index contributed by atoms with van der Waals surface area (Å²) in [5, 5.41) is 0. The van der Waals surface area contributed by atoms with E-state index in [2.05, 4.69) is 0 Å². The van der Waals surface area contributed by atoms with Gasteiger partial charge in [-0.15, -0.1) is 49.6 Å². The van der Waals surface area contributed by atoms with Gasteiger partial charge in [0, 0.05) is 21.7 Å². The molecule has 0 amide bonds. The Morgan fingerprint density at radius 2 is 0.500 bits per heavy atom. The van der Waals surface area contributed by atoms with Gasteiger partial charge >= 0.3 is 48.9 Å². The first-order chi connectivity index (χ1) is 0. The van der Waals surface area contributed by atoms with E-state index < -0.39 is 0 Å². The molecule has 0 saturated heterocycles. The van der Waals surface area contributed by atoms with Crippen LogP contribution < -0.4 is 0 Å². The maximum absolute atomic E-state index is 0. The molecule has 0 fully saturated rings. The summed E-state index contributed by atoms with van der Waals surface area (Å²) in [5.74, 6) is 0. The predicted molar refractivity (Wildman–Crippen MR) is 37.5 cm³/mol. The Hall–Kier alpha value is 3.45. The zero-order chi connectivity index (χ0) is 0. The molecule has 0 aliphatic carbocycles. The number of halogens is 4. The molecule has 0 bridgehead atoms. The van der Waals surface area contributed by atoms with Crippen LogP contribution in [-0.4, -0.2) is 48.9 Å². The summed E-state index contributed by atoms with van der Waals surface area (Å²) in [6.45, 7) is 0. The van der Waals surface area contributed by atoms with Crippen LogP contribution in [0.25, 0.3) is 0 Å². The first-order valence-electron chi connectivity index (χ1n) is 0. The van der Waals surface area contributed by atoms with Crippen LogP contribution in [0.5, 0.6) is 0 Å². The van der Waals surface area contributed by atoms with E-state index in [-0.39, 0.29) is 120 Å². The fourth-order valence-corrected chi connectivity index (χ4v) is 0. The van der Waals surface area contributed by atoms with Crippen molar-refractivity contribution in [1.29, 1.82) is 0 Å². The van der Waals surface area contributed by atoms with Gasteiger partial charge in [-0.25, -0.2) is 0 Å². The molecular formula is H6BaCl4Ti. The second-order valence-corrected chi connectivity index (χ2v) is 0. The predicted octanol–water partition coefficient (Wildman–Crippen LogP) is 0.768. The Kier molecular flexibility index (Phi) is 373. The maximum atomic E-state index is 0. The topological polar surface area (TPSA) is 0 Å². The van der Waals surface area contributed by atoms with Gasteiger partial charge in [0.25, 0.3) is 0 Å². The van der Waals surface area contributed by atoms with Gasteiger partial charge in [-0.2, -0.15) is 0 Å². The van der Waals surface area contributed by atoms with Crippen molar-refractivity contribution in [2.24, 2.45) is 0 Å². The van der Waals surface area contributed by atoms with E-state index in [1.807, 2.05) is 0 Å². The van der Waals surface area contributed by atoms with E-state index in [1.54, 1.807) is 0 Å². The average Bonchev–Trinajstić information content (AvgIpc) is 0. The third kappa shape index (κ3) is 26.1. The molecular weight excluding hydrogens is 327 g/mol. The summed E-state index contributed by atoms with van der Waals surface area (Å²) in [7, 11) is 0. The minimum atomic E-state index is 0. The first kappa shape index (κ1) is 56.7. The van der Waals surface area contributed by atoms with Crippen LogP contribution in [-0.2, 0) is 21.7 Å². The van der Waals surface area contributed by atoms with Crippen LogP contribution in [0.4, 0.5) is 0 Å². The summed E-state index contributed by atoms with van der Waals surface area (Å²) in [5.41, 5.74) is 0. The molecule has 0 aromatic rings. The molecule has 0 unspecified atom stereocenters. The Bertz CT molecular complexity index is 7.51. The van der Waals surface area contributed by atoms with Crippen LogP contribution in [0.1, 0.15) is 0 Å². The first-order valence-corrected chi connectivity index (χ1v) is 0. The molecule has 0 aliphatic heterocycles. The Morgan fingerprint density at radius 3 is 0.500 bits per heavy atom. The summed E-state index contributed by atoms with van der Waals surface area (Å²) in [6, 6.07) is 0. The molecule has 40 valence electrons. The number of hydrogen-bond donors (Lipinski definition) is 0. The zero-order valence-electron chi connectivity index (χ0n) is 2.13.